The normalized spacial score (nSPS) is 10.6. The summed E-state index contributed by atoms with van der Waals surface area (Å²) >= 11 is 3.31. The maximum Gasteiger partial charge on any atom is 0.200 e. The van der Waals surface area contributed by atoms with Crippen LogP contribution in [0.1, 0.15) is 35.7 Å². The summed E-state index contributed by atoms with van der Waals surface area (Å²) in [5, 5.41) is 0. The van der Waals surface area contributed by atoms with Crippen LogP contribution in [0.5, 0.6) is 5.75 Å². The van der Waals surface area contributed by atoms with E-state index in [4.69, 9.17) is 4.74 Å². The lowest BCUT2D eigenvalue weighted by Crippen LogP contribution is -2.11. The Morgan fingerprint density at radius 2 is 1.95 bits per heavy atom. The monoisotopic (exact) mass is 333 g/mol. The summed E-state index contributed by atoms with van der Waals surface area (Å²) in [6.45, 7) is 4.26. The molecule has 0 saturated heterocycles. The minimum Gasteiger partial charge on any atom is -0.484 e. The fourth-order valence-corrected chi connectivity index (χ4v) is 2.10. The number of halogens is 1. The predicted molar refractivity (Wildman–Crippen MR) is 82.3 cm³/mol. The summed E-state index contributed by atoms with van der Waals surface area (Å²) < 4.78 is 6.26. The Bertz CT molecular complexity index is 594. The number of carbonyl (C=O) groups excluding carboxylic acids is 1. The van der Waals surface area contributed by atoms with E-state index < -0.39 is 0 Å². The predicted octanol–water partition coefficient (Wildman–Crippen LogP) is 4.23. The number of rotatable bonds is 5. The van der Waals surface area contributed by atoms with Crippen LogP contribution in [0, 0.1) is 0 Å². The Labute approximate surface area is 127 Å². The molecule has 0 fully saturated rings. The largest absolute Gasteiger partial charge is 0.484 e. The number of nitrogens with zero attached hydrogens (tertiary/aromatic N) is 1. The quantitative estimate of drug-likeness (QED) is 0.768. The molecule has 4 heteroatoms. The maximum atomic E-state index is 12.0. The van der Waals surface area contributed by atoms with Crippen molar-refractivity contribution in [2.45, 2.75) is 19.8 Å². The Balaban J connectivity index is 1.98. The van der Waals surface area contributed by atoms with Crippen LogP contribution in [-0.4, -0.2) is 17.4 Å². The van der Waals surface area contributed by atoms with E-state index in [2.05, 4.69) is 34.8 Å². The van der Waals surface area contributed by atoms with Gasteiger partial charge in [-0.05, 0) is 33.5 Å². The molecule has 2 rings (SSSR count). The first-order valence-electron chi connectivity index (χ1n) is 6.43. The fourth-order valence-electron chi connectivity index (χ4n) is 1.76. The summed E-state index contributed by atoms with van der Waals surface area (Å²) in [7, 11) is 0. The van der Waals surface area contributed by atoms with Gasteiger partial charge in [0.05, 0.1) is 6.20 Å². The molecule has 2 aromatic rings. The second kappa shape index (κ2) is 6.66. The van der Waals surface area contributed by atoms with Gasteiger partial charge in [0.2, 0.25) is 0 Å². The zero-order chi connectivity index (χ0) is 14.5. The number of pyridine rings is 1. The highest BCUT2D eigenvalue weighted by molar-refractivity contribution is 9.10. The van der Waals surface area contributed by atoms with E-state index in [0.717, 1.165) is 4.47 Å². The highest BCUT2D eigenvalue weighted by Gasteiger charge is 2.08. The third-order valence-electron chi connectivity index (χ3n) is 2.95. The lowest BCUT2D eigenvalue weighted by atomic mass is 10.0. The smallest absolute Gasteiger partial charge is 0.200 e. The van der Waals surface area contributed by atoms with Crippen molar-refractivity contribution in [1.82, 2.24) is 4.98 Å². The zero-order valence-electron chi connectivity index (χ0n) is 11.5. The van der Waals surface area contributed by atoms with Crippen molar-refractivity contribution in [2.24, 2.45) is 0 Å². The lowest BCUT2D eigenvalue weighted by Gasteiger charge is -2.08. The summed E-state index contributed by atoms with van der Waals surface area (Å²) in [6.07, 6.45) is 3.25. The molecule has 1 aromatic carbocycles. The molecule has 0 N–H and O–H groups in total. The van der Waals surface area contributed by atoms with Gasteiger partial charge in [-0.2, -0.15) is 0 Å². The van der Waals surface area contributed by atoms with Crippen LogP contribution in [0.25, 0.3) is 0 Å². The van der Waals surface area contributed by atoms with Crippen molar-refractivity contribution in [2.75, 3.05) is 6.61 Å². The van der Waals surface area contributed by atoms with Gasteiger partial charge in [-0.1, -0.05) is 38.1 Å². The first-order chi connectivity index (χ1) is 9.56. The van der Waals surface area contributed by atoms with Crippen LogP contribution in [0.3, 0.4) is 0 Å². The number of Topliss-reactive ketones (excluding diaryl/α,β-unsaturated/α-hetero) is 1. The highest BCUT2D eigenvalue weighted by atomic mass is 79.9. The second-order valence-electron chi connectivity index (χ2n) is 4.83. The number of ketones is 1. The van der Waals surface area contributed by atoms with Gasteiger partial charge >= 0.3 is 0 Å². The average molecular weight is 334 g/mol. The third kappa shape index (κ3) is 3.90. The third-order valence-corrected chi connectivity index (χ3v) is 3.38. The SMILES string of the molecule is CC(C)c1ccc(C(=O)COc2cncc(Br)c2)cc1. The maximum absolute atomic E-state index is 12.0. The Morgan fingerprint density at radius 1 is 1.25 bits per heavy atom. The molecule has 1 heterocycles. The van der Waals surface area contributed by atoms with Gasteiger partial charge < -0.3 is 4.74 Å². The first kappa shape index (κ1) is 14.7. The van der Waals surface area contributed by atoms with E-state index in [1.54, 1.807) is 18.5 Å². The van der Waals surface area contributed by atoms with E-state index in [0.29, 0.717) is 17.2 Å². The van der Waals surface area contributed by atoms with Gasteiger partial charge in [0, 0.05) is 16.2 Å². The van der Waals surface area contributed by atoms with E-state index in [1.165, 1.54) is 5.56 Å². The molecule has 3 nitrogen and oxygen atoms in total. The van der Waals surface area contributed by atoms with Crippen molar-refractivity contribution in [3.8, 4) is 5.75 Å². The van der Waals surface area contributed by atoms with Crippen molar-refractivity contribution in [1.29, 1.82) is 0 Å². The van der Waals surface area contributed by atoms with Gasteiger partial charge in [0.15, 0.2) is 12.4 Å². The van der Waals surface area contributed by atoms with E-state index >= 15 is 0 Å². The fraction of sp³-hybridized carbons (Fsp3) is 0.250. The number of aromatic nitrogens is 1. The van der Waals surface area contributed by atoms with Gasteiger partial charge in [-0.25, -0.2) is 0 Å². The van der Waals surface area contributed by atoms with Gasteiger partial charge in [0.1, 0.15) is 5.75 Å². The Hall–Kier alpha value is -1.68. The Kier molecular flexibility index (Phi) is 4.90. The standard InChI is InChI=1S/C16H16BrNO2/c1-11(2)12-3-5-13(6-4-12)16(19)10-20-15-7-14(17)8-18-9-15/h3-9,11H,10H2,1-2H3. The number of hydrogen-bond donors (Lipinski definition) is 0. The first-order valence-corrected chi connectivity index (χ1v) is 7.22. The van der Waals surface area contributed by atoms with Crippen LogP contribution >= 0.6 is 15.9 Å². The molecular weight excluding hydrogens is 318 g/mol. The average Bonchev–Trinajstić information content (AvgIpc) is 2.45. The molecular formula is C16H16BrNO2. The van der Waals surface area contributed by atoms with Gasteiger partial charge in [-0.15, -0.1) is 0 Å². The molecule has 0 saturated carbocycles. The van der Waals surface area contributed by atoms with Crippen molar-refractivity contribution in [3.05, 3.63) is 58.3 Å². The van der Waals surface area contributed by atoms with Crippen molar-refractivity contribution < 1.29 is 9.53 Å². The topological polar surface area (TPSA) is 39.2 Å². The molecule has 104 valence electrons. The minimum absolute atomic E-state index is 0.0131. The van der Waals surface area contributed by atoms with E-state index in [-0.39, 0.29) is 12.4 Å². The number of carbonyl (C=O) groups is 1. The molecule has 0 bridgehead atoms. The van der Waals surface area contributed by atoms with Crippen LogP contribution in [-0.2, 0) is 0 Å². The van der Waals surface area contributed by atoms with Crippen LogP contribution in [0.2, 0.25) is 0 Å². The van der Waals surface area contributed by atoms with Crippen LogP contribution in [0.15, 0.2) is 47.2 Å². The van der Waals surface area contributed by atoms with E-state index in [1.807, 2.05) is 24.3 Å². The number of hydrogen-bond acceptors (Lipinski definition) is 3. The molecule has 0 radical (unpaired) electrons. The molecule has 0 atom stereocenters. The number of benzene rings is 1. The molecule has 0 amide bonds. The lowest BCUT2D eigenvalue weighted by molar-refractivity contribution is 0.0921. The summed E-state index contributed by atoms with van der Waals surface area (Å²) in [6, 6.07) is 9.44. The Morgan fingerprint density at radius 3 is 2.55 bits per heavy atom. The zero-order valence-corrected chi connectivity index (χ0v) is 13.1. The van der Waals surface area contributed by atoms with Crippen molar-refractivity contribution in [3.63, 3.8) is 0 Å². The molecule has 0 aliphatic carbocycles. The molecule has 0 unspecified atom stereocenters. The van der Waals surface area contributed by atoms with Crippen molar-refractivity contribution >= 4 is 21.7 Å². The highest BCUT2D eigenvalue weighted by Crippen LogP contribution is 2.17. The minimum atomic E-state index is -0.0414. The summed E-state index contributed by atoms with van der Waals surface area (Å²) in [4.78, 5) is 16.0. The molecule has 20 heavy (non-hydrogen) atoms. The molecule has 0 spiro atoms. The molecule has 0 aliphatic heterocycles. The second-order valence-corrected chi connectivity index (χ2v) is 5.74. The van der Waals surface area contributed by atoms with Gasteiger partial charge in [0.25, 0.3) is 0 Å². The summed E-state index contributed by atoms with van der Waals surface area (Å²) in [5.41, 5.74) is 1.89. The van der Waals surface area contributed by atoms with E-state index in [9.17, 15) is 4.79 Å². The van der Waals surface area contributed by atoms with Crippen LogP contribution < -0.4 is 4.74 Å². The molecule has 1 aromatic heterocycles. The summed E-state index contributed by atoms with van der Waals surface area (Å²) in [5.74, 6) is 0.995. The van der Waals surface area contributed by atoms with Crippen LogP contribution in [0.4, 0.5) is 0 Å². The molecule has 0 aliphatic rings. The number of ether oxygens (including phenoxy) is 1. The van der Waals surface area contributed by atoms with Gasteiger partial charge in [-0.3, -0.25) is 9.78 Å².